The lowest BCUT2D eigenvalue weighted by atomic mass is 9.83. The molecular formula is C16H20ClN3O2. The smallest absolute Gasteiger partial charge is 0.240 e. The van der Waals surface area contributed by atoms with E-state index in [1.165, 1.54) is 0 Å². The zero-order valence-corrected chi connectivity index (χ0v) is 13.4. The number of carbonyl (C=O) groups is 1. The third-order valence-electron chi connectivity index (χ3n) is 3.90. The van der Waals surface area contributed by atoms with Crippen LogP contribution in [0.5, 0.6) is 5.75 Å². The van der Waals surface area contributed by atoms with Crippen molar-refractivity contribution in [1.29, 1.82) is 5.26 Å². The minimum atomic E-state index is -0.713. The van der Waals surface area contributed by atoms with Crippen LogP contribution in [0.3, 0.4) is 0 Å². The number of methoxy groups -OCH3 is 1. The second-order valence-corrected chi connectivity index (χ2v) is 5.94. The summed E-state index contributed by atoms with van der Waals surface area (Å²) in [6, 6.07) is 7.43. The van der Waals surface area contributed by atoms with E-state index in [0.717, 1.165) is 32.1 Å². The van der Waals surface area contributed by atoms with Crippen molar-refractivity contribution < 1.29 is 9.53 Å². The highest BCUT2D eigenvalue weighted by Gasteiger charge is 2.33. The van der Waals surface area contributed by atoms with Gasteiger partial charge < -0.3 is 15.4 Å². The molecule has 1 amide bonds. The van der Waals surface area contributed by atoms with Gasteiger partial charge in [-0.1, -0.05) is 30.9 Å². The minimum absolute atomic E-state index is 0.0696. The van der Waals surface area contributed by atoms with Gasteiger partial charge in [0.1, 0.15) is 11.3 Å². The molecule has 2 N–H and O–H groups in total. The second-order valence-electron chi connectivity index (χ2n) is 5.50. The van der Waals surface area contributed by atoms with Gasteiger partial charge in [0.15, 0.2) is 0 Å². The van der Waals surface area contributed by atoms with E-state index in [0.29, 0.717) is 16.5 Å². The number of halogens is 1. The lowest BCUT2D eigenvalue weighted by Crippen LogP contribution is -2.50. The maximum atomic E-state index is 12.1. The van der Waals surface area contributed by atoms with Crippen LogP contribution in [0.25, 0.3) is 0 Å². The summed E-state index contributed by atoms with van der Waals surface area (Å²) in [6.07, 6.45) is 4.51. The van der Waals surface area contributed by atoms with E-state index in [1.807, 2.05) is 0 Å². The van der Waals surface area contributed by atoms with Crippen LogP contribution in [-0.2, 0) is 4.79 Å². The van der Waals surface area contributed by atoms with Crippen molar-refractivity contribution in [2.45, 2.75) is 37.6 Å². The summed E-state index contributed by atoms with van der Waals surface area (Å²) in [5, 5.41) is 15.8. The van der Waals surface area contributed by atoms with E-state index in [1.54, 1.807) is 25.3 Å². The molecular weight excluding hydrogens is 302 g/mol. The maximum absolute atomic E-state index is 12.1. The highest BCUT2D eigenvalue weighted by Crippen LogP contribution is 2.28. The van der Waals surface area contributed by atoms with Crippen molar-refractivity contribution in [3.8, 4) is 11.8 Å². The van der Waals surface area contributed by atoms with Crippen LogP contribution in [0.1, 0.15) is 32.1 Å². The summed E-state index contributed by atoms with van der Waals surface area (Å²) < 4.78 is 5.22. The van der Waals surface area contributed by atoms with Gasteiger partial charge in [-0.3, -0.25) is 4.79 Å². The zero-order valence-electron chi connectivity index (χ0n) is 12.6. The van der Waals surface area contributed by atoms with Crippen molar-refractivity contribution in [1.82, 2.24) is 5.32 Å². The number of nitriles is 1. The molecule has 1 aromatic rings. The van der Waals surface area contributed by atoms with Gasteiger partial charge in [0.05, 0.1) is 25.4 Å². The largest absolute Gasteiger partial charge is 0.495 e. The topological polar surface area (TPSA) is 74.2 Å². The number of hydrogen-bond acceptors (Lipinski definition) is 4. The van der Waals surface area contributed by atoms with Crippen LogP contribution in [0.2, 0.25) is 5.02 Å². The molecule has 0 aliphatic heterocycles. The van der Waals surface area contributed by atoms with Crippen molar-refractivity contribution in [3.05, 3.63) is 23.2 Å². The number of amides is 1. The Morgan fingerprint density at radius 1 is 1.41 bits per heavy atom. The van der Waals surface area contributed by atoms with Gasteiger partial charge in [0, 0.05) is 5.02 Å². The molecule has 0 spiro atoms. The minimum Gasteiger partial charge on any atom is -0.495 e. The van der Waals surface area contributed by atoms with E-state index in [2.05, 4.69) is 16.7 Å². The molecule has 1 fully saturated rings. The first-order valence-electron chi connectivity index (χ1n) is 7.38. The summed E-state index contributed by atoms with van der Waals surface area (Å²) in [7, 11) is 1.56. The SMILES string of the molecule is COc1ccc(Cl)cc1NCC(=O)NC1(C#N)CCCCC1. The third-order valence-corrected chi connectivity index (χ3v) is 4.14. The van der Waals surface area contributed by atoms with Crippen molar-refractivity contribution >= 4 is 23.2 Å². The predicted octanol–water partition coefficient (Wildman–Crippen LogP) is 3.10. The van der Waals surface area contributed by atoms with Gasteiger partial charge in [0.25, 0.3) is 0 Å². The molecule has 1 aliphatic rings. The molecule has 118 valence electrons. The summed E-state index contributed by atoms with van der Waals surface area (Å²) in [5.74, 6) is 0.412. The molecule has 0 bridgehead atoms. The highest BCUT2D eigenvalue weighted by molar-refractivity contribution is 6.30. The van der Waals surface area contributed by atoms with Gasteiger partial charge in [-0.05, 0) is 31.0 Å². The molecule has 5 nitrogen and oxygen atoms in total. The van der Waals surface area contributed by atoms with Crippen molar-refractivity contribution in [2.75, 3.05) is 19.0 Å². The first-order valence-corrected chi connectivity index (χ1v) is 7.76. The van der Waals surface area contributed by atoms with E-state index < -0.39 is 5.54 Å². The number of nitrogens with one attached hydrogen (secondary N) is 2. The summed E-state index contributed by atoms with van der Waals surface area (Å²) in [5.41, 5.74) is -0.0603. The van der Waals surface area contributed by atoms with E-state index >= 15 is 0 Å². The van der Waals surface area contributed by atoms with Crippen molar-refractivity contribution in [2.24, 2.45) is 0 Å². The van der Waals surface area contributed by atoms with Crippen LogP contribution >= 0.6 is 11.6 Å². The number of rotatable bonds is 5. The van der Waals surface area contributed by atoms with Gasteiger partial charge in [-0.25, -0.2) is 0 Å². The lowest BCUT2D eigenvalue weighted by molar-refractivity contribution is -0.121. The average Bonchev–Trinajstić information content (AvgIpc) is 2.54. The number of anilines is 1. The van der Waals surface area contributed by atoms with Crippen LogP contribution < -0.4 is 15.4 Å². The Morgan fingerprint density at radius 2 is 2.14 bits per heavy atom. The Bertz CT molecular complexity index is 577. The summed E-state index contributed by atoms with van der Waals surface area (Å²) in [6.45, 7) is 0.0696. The molecule has 0 radical (unpaired) electrons. The number of benzene rings is 1. The first-order chi connectivity index (χ1) is 10.6. The van der Waals surface area contributed by atoms with E-state index in [4.69, 9.17) is 16.3 Å². The standard InChI is InChI=1S/C16H20ClN3O2/c1-22-14-6-5-12(17)9-13(14)19-10-15(21)20-16(11-18)7-3-2-4-8-16/h5-6,9,19H,2-4,7-8,10H2,1H3,(H,20,21). The van der Waals surface area contributed by atoms with E-state index in [-0.39, 0.29) is 12.5 Å². The van der Waals surface area contributed by atoms with Gasteiger partial charge in [0.2, 0.25) is 5.91 Å². The fourth-order valence-electron chi connectivity index (χ4n) is 2.73. The number of hydrogen-bond donors (Lipinski definition) is 2. The van der Waals surface area contributed by atoms with Gasteiger partial charge >= 0.3 is 0 Å². The Kier molecular flexibility index (Phi) is 5.51. The quantitative estimate of drug-likeness (QED) is 0.874. The average molecular weight is 322 g/mol. The third kappa shape index (κ3) is 4.05. The fourth-order valence-corrected chi connectivity index (χ4v) is 2.90. The molecule has 0 unspecified atom stereocenters. The molecule has 0 heterocycles. The molecule has 0 aromatic heterocycles. The molecule has 2 rings (SSSR count). The van der Waals surface area contributed by atoms with Crippen LogP contribution in [0.4, 0.5) is 5.69 Å². The number of nitrogens with zero attached hydrogens (tertiary/aromatic N) is 1. The molecule has 0 atom stereocenters. The summed E-state index contributed by atoms with van der Waals surface area (Å²) in [4.78, 5) is 12.1. The van der Waals surface area contributed by atoms with Crippen LogP contribution in [0, 0.1) is 11.3 Å². The fraction of sp³-hybridized carbons (Fsp3) is 0.500. The second kappa shape index (κ2) is 7.37. The molecule has 0 saturated heterocycles. The first kappa shape index (κ1) is 16.4. The molecule has 6 heteroatoms. The molecule has 1 aromatic carbocycles. The number of carbonyl (C=O) groups excluding carboxylic acids is 1. The Balaban J connectivity index is 1.95. The monoisotopic (exact) mass is 321 g/mol. The van der Waals surface area contributed by atoms with Crippen LogP contribution in [0.15, 0.2) is 18.2 Å². The summed E-state index contributed by atoms with van der Waals surface area (Å²) >= 11 is 5.95. The Hall–Kier alpha value is -1.93. The molecule has 1 aliphatic carbocycles. The molecule has 1 saturated carbocycles. The Labute approximate surface area is 135 Å². The molecule has 22 heavy (non-hydrogen) atoms. The van der Waals surface area contributed by atoms with Crippen LogP contribution in [-0.4, -0.2) is 25.1 Å². The highest BCUT2D eigenvalue weighted by atomic mass is 35.5. The maximum Gasteiger partial charge on any atom is 0.240 e. The predicted molar refractivity (Wildman–Crippen MR) is 86.1 cm³/mol. The Morgan fingerprint density at radius 3 is 2.77 bits per heavy atom. The normalized spacial score (nSPS) is 16.4. The van der Waals surface area contributed by atoms with Gasteiger partial charge in [-0.15, -0.1) is 0 Å². The van der Waals surface area contributed by atoms with E-state index in [9.17, 15) is 10.1 Å². The number of ether oxygens (including phenoxy) is 1. The van der Waals surface area contributed by atoms with Crippen molar-refractivity contribution in [3.63, 3.8) is 0 Å². The zero-order chi connectivity index (χ0) is 16.0. The van der Waals surface area contributed by atoms with Gasteiger partial charge in [-0.2, -0.15) is 5.26 Å². The lowest BCUT2D eigenvalue weighted by Gasteiger charge is -2.31.